The van der Waals surface area contributed by atoms with Crippen LogP contribution >= 0.6 is 0 Å². The van der Waals surface area contributed by atoms with Crippen molar-refractivity contribution in [1.82, 2.24) is 15.3 Å². The molecule has 0 bridgehead atoms. The molecule has 3 aliphatic rings. The van der Waals surface area contributed by atoms with E-state index in [4.69, 9.17) is 9.72 Å². The molecule has 0 spiro atoms. The lowest BCUT2D eigenvalue weighted by atomic mass is 9.86. The molecule has 2 aliphatic carbocycles. The normalized spacial score (nSPS) is 23.0. The minimum absolute atomic E-state index is 0.0482. The van der Waals surface area contributed by atoms with Gasteiger partial charge < -0.3 is 30.3 Å². The number of benzene rings is 1. The highest BCUT2D eigenvalue weighted by Crippen LogP contribution is 2.40. The first-order valence-electron chi connectivity index (χ1n) is 14.5. The summed E-state index contributed by atoms with van der Waals surface area (Å²) < 4.78 is 5.61. The number of ether oxygens (including phenoxy) is 1. The molecule has 5 rings (SSSR count). The number of anilines is 4. The molecule has 0 saturated heterocycles. The minimum Gasteiger partial charge on any atom is -0.495 e. The maximum atomic E-state index is 13.3. The van der Waals surface area contributed by atoms with Crippen molar-refractivity contribution in [3.63, 3.8) is 0 Å². The lowest BCUT2D eigenvalue weighted by molar-refractivity contribution is -0.125. The summed E-state index contributed by atoms with van der Waals surface area (Å²) in [7, 11) is 3.35. The van der Waals surface area contributed by atoms with Gasteiger partial charge in [-0.1, -0.05) is 25.7 Å². The van der Waals surface area contributed by atoms with Crippen molar-refractivity contribution < 1.29 is 19.4 Å². The maximum Gasteiger partial charge on any atom is 0.251 e. The molecule has 0 unspecified atom stereocenters. The van der Waals surface area contributed by atoms with Crippen LogP contribution in [0.15, 0.2) is 24.4 Å². The Morgan fingerprint density at radius 2 is 1.88 bits per heavy atom. The number of aliphatic hydroxyl groups excluding tert-OH is 1. The van der Waals surface area contributed by atoms with Gasteiger partial charge in [-0.15, -0.1) is 0 Å². The van der Waals surface area contributed by atoms with E-state index in [2.05, 4.69) is 20.5 Å². The zero-order chi connectivity index (χ0) is 28.4. The number of carbonyl (C=O) groups is 2. The number of rotatable bonds is 7. The third-order valence-electron chi connectivity index (χ3n) is 8.70. The van der Waals surface area contributed by atoms with E-state index in [1.54, 1.807) is 43.5 Å². The van der Waals surface area contributed by atoms with E-state index in [1.807, 2.05) is 13.8 Å². The first kappa shape index (κ1) is 28.1. The summed E-state index contributed by atoms with van der Waals surface area (Å²) in [6.07, 6.45) is 9.70. The van der Waals surface area contributed by atoms with E-state index >= 15 is 0 Å². The average Bonchev–Trinajstić information content (AvgIpc) is 3.47. The number of fused-ring (bicyclic) bond motifs is 1. The number of hydrogen-bond donors (Lipinski definition) is 3. The Bertz CT molecular complexity index is 1240. The molecule has 0 radical (unpaired) electrons. The first-order valence-corrected chi connectivity index (χ1v) is 14.5. The summed E-state index contributed by atoms with van der Waals surface area (Å²) in [4.78, 5) is 39.6. The molecule has 2 saturated carbocycles. The van der Waals surface area contributed by atoms with Crippen LogP contribution in [0.5, 0.6) is 5.75 Å². The lowest BCUT2D eigenvalue weighted by Gasteiger charge is -2.34. The fraction of sp³-hybridized carbons (Fsp3) is 0.600. The highest BCUT2D eigenvalue weighted by atomic mass is 16.5. The zero-order valence-corrected chi connectivity index (χ0v) is 24.1. The molecular weight excluding hydrogens is 508 g/mol. The summed E-state index contributed by atoms with van der Waals surface area (Å²) in [5, 5.41) is 16.5. The largest absolute Gasteiger partial charge is 0.495 e. The van der Waals surface area contributed by atoms with Crippen molar-refractivity contribution in [3.8, 4) is 5.75 Å². The van der Waals surface area contributed by atoms with Gasteiger partial charge in [0.15, 0.2) is 5.82 Å². The van der Waals surface area contributed by atoms with Gasteiger partial charge in [-0.25, -0.2) is 4.98 Å². The molecule has 40 heavy (non-hydrogen) atoms. The number of nitrogens with one attached hydrogen (secondary N) is 2. The van der Waals surface area contributed by atoms with E-state index < -0.39 is 5.41 Å². The number of nitrogens with zero attached hydrogens (tertiary/aromatic N) is 4. The quantitative estimate of drug-likeness (QED) is 0.468. The molecule has 216 valence electrons. The molecule has 2 fully saturated rings. The van der Waals surface area contributed by atoms with Gasteiger partial charge in [-0.05, 0) is 57.7 Å². The average molecular weight is 551 g/mol. The fourth-order valence-electron chi connectivity index (χ4n) is 6.33. The Hall–Kier alpha value is -3.40. The van der Waals surface area contributed by atoms with Crippen molar-refractivity contribution in [2.45, 2.75) is 77.4 Å². The highest BCUT2D eigenvalue weighted by Gasteiger charge is 2.41. The molecule has 2 atom stereocenters. The van der Waals surface area contributed by atoms with Crippen LogP contribution in [-0.4, -0.2) is 66.3 Å². The molecule has 2 amide bonds. The van der Waals surface area contributed by atoms with Crippen molar-refractivity contribution in [3.05, 3.63) is 30.0 Å². The van der Waals surface area contributed by atoms with E-state index in [1.165, 1.54) is 12.8 Å². The van der Waals surface area contributed by atoms with Crippen LogP contribution in [0.3, 0.4) is 0 Å². The van der Waals surface area contributed by atoms with Crippen LogP contribution < -0.4 is 25.2 Å². The Labute approximate surface area is 236 Å². The second kappa shape index (κ2) is 11.6. The molecular formula is C30H42N6O4. The summed E-state index contributed by atoms with van der Waals surface area (Å²) in [6.45, 7) is 5.03. The van der Waals surface area contributed by atoms with Crippen LogP contribution in [0.4, 0.5) is 23.1 Å². The van der Waals surface area contributed by atoms with E-state index in [0.717, 1.165) is 44.3 Å². The summed E-state index contributed by atoms with van der Waals surface area (Å²) in [5.74, 6) is 1.58. The van der Waals surface area contributed by atoms with Gasteiger partial charge in [0.1, 0.15) is 11.4 Å². The molecule has 10 heteroatoms. The van der Waals surface area contributed by atoms with Gasteiger partial charge in [-0.3, -0.25) is 9.59 Å². The predicted octanol–water partition coefficient (Wildman–Crippen LogP) is 4.26. The van der Waals surface area contributed by atoms with Crippen molar-refractivity contribution in [2.24, 2.45) is 11.3 Å². The third-order valence-corrected chi connectivity index (χ3v) is 8.70. The standard InChI is InChI=1S/C30H42N6O4/c1-30(2)18-36(21-10-6-7-11-21)26-23(35(3)28(30)39)17-32-29(34-26)33-22-14-13-19(15-25(22)40-4)27(38)31-16-20-9-5-8-12-24(20)37/h13-15,17,20-21,24,37H,5-12,16,18H2,1-4H3,(H,31,38)(H,32,33,34)/t20-,24-/m0/s1. The summed E-state index contributed by atoms with van der Waals surface area (Å²) in [6, 6.07) is 5.55. The minimum atomic E-state index is -0.555. The van der Waals surface area contributed by atoms with Crippen LogP contribution in [0, 0.1) is 11.3 Å². The van der Waals surface area contributed by atoms with Crippen molar-refractivity contribution >= 4 is 35.0 Å². The number of aliphatic hydroxyl groups is 1. The topological polar surface area (TPSA) is 120 Å². The van der Waals surface area contributed by atoms with Crippen LogP contribution in [0.25, 0.3) is 0 Å². The predicted molar refractivity (Wildman–Crippen MR) is 155 cm³/mol. The zero-order valence-electron chi connectivity index (χ0n) is 24.1. The highest BCUT2D eigenvalue weighted by molar-refractivity contribution is 6.01. The molecule has 1 aromatic carbocycles. The van der Waals surface area contributed by atoms with E-state index in [9.17, 15) is 14.7 Å². The third kappa shape index (κ3) is 5.73. The van der Waals surface area contributed by atoms with Gasteiger partial charge in [-0.2, -0.15) is 4.98 Å². The fourth-order valence-corrected chi connectivity index (χ4v) is 6.33. The number of amides is 2. The maximum absolute atomic E-state index is 13.3. The monoisotopic (exact) mass is 550 g/mol. The first-order chi connectivity index (χ1) is 19.2. The Balaban J connectivity index is 1.36. The van der Waals surface area contributed by atoms with Gasteiger partial charge in [0.2, 0.25) is 11.9 Å². The van der Waals surface area contributed by atoms with Gasteiger partial charge >= 0.3 is 0 Å². The SMILES string of the molecule is COc1cc(C(=O)NC[C@@H]2CCCC[C@@H]2O)ccc1Nc1ncc2c(n1)N(C1CCCC1)CC(C)(C)C(=O)N2C. The molecule has 2 aromatic rings. The Morgan fingerprint density at radius 1 is 1.15 bits per heavy atom. The number of hydrogen-bond acceptors (Lipinski definition) is 8. The van der Waals surface area contributed by atoms with Gasteiger partial charge in [0, 0.05) is 37.7 Å². The van der Waals surface area contributed by atoms with Crippen LogP contribution in [-0.2, 0) is 4.79 Å². The molecule has 1 aliphatic heterocycles. The van der Waals surface area contributed by atoms with Crippen LogP contribution in [0.1, 0.15) is 75.6 Å². The summed E-state index contributed by atoms with van der Waals surface area (Å²) in [5.41, 5.74) is 1.26. The smallest absolute Gasteiger partial charge is 0.251 e. The second-order valence-electron chi connectivity index (χ2n) is 12.1. The van der Waals surface area contributed by atoms with Gasteiger partial charge in [0.05, 0.1) is 30.5 Å². The molecule has 2 heterocycles. The summed E-state index contributed by atoms with van der Waals surface area (Å²) >= 11 is 0. The van der Waals surface area contributed by atoms with E-state index in [0.29, 0.717) is 47.8 Å². The van der Waals surface area contributed by atoms with Crippen molar-refractivity contribution in [2.75, 3.05) is 42.4 Å². The van der Waals surface area contributed by atoms with Crippen molar-refractivity contribution in [1.29, 1.82) is 0 Å². The number of carbonyl (C=O) groups excluding carboxylic acids is 2. The van der Waals surface area contributed by atoms with Crippen LogP contribution in [0.2, 0.25) is 0 Å². The molecule has 1 aromatic heterocycles. The molecule has 10 nitrogen and oxygen atoms in total. The Morgan fingerprint density at radius 3 is 2.60 bits per heavy atom. The number of aromatic nitrogens is 2. The molecule has 3 N–H and O–H groups in total. The number of methoxy groups -OCH3 is 1. The lowest BCUT2D eigenvalue weighted by Crippen LogP contribution is -2.45. The van der Waals surface area contributed by atoms with E-state index in [-0.39, 0.29) is 23.8 Å². The second-order valence-corrected chi connectivity index (χ2v) is 12.1. The van der Waals surface area contributed by atoms with Gasteiger partial charge in [0.25, 0.3) is 5.91 Å². The Kier molecular flexibility index (Phi) is 8.16.